The minimum Gasteiger partial charge on any atom is -0.463 e. The van der Waals surface area contributed by atoms with E-state index in [4.69, 9.17) is 4.74 Å². The zero-order valence-electron chi connectivity index (χ0n) is 8.22. The van der Waals surface area contributed by atoms with Crippen LogP contribution < -0.4 is 10.6 Å². The summed E-state index contributed by atoms with van der Waals surface area (Å²) in [5.74, 6) is -0.724. The maximum absolute atomic E-state index is 11.2. The summed E-state index contributed by atoms with van der Waals surface area (Å²) >= 11 is 0. The van der Waals surface area contributed by atoms with Crippen molar-refractivity contribution in [3.8, 4) is 0 Å². The Balaban J connectivity index is 4.06. The Morgan fingerprint density at radius 2 is 2.00 bits per heavy atom. The number of likely N-dealkylation sites (N-methyl/N-ethyl adjacent to an activating group) is 1. The van der Waals surface area contributed by atoms with Crippen LogP contribution in [0.25, 0.3) is 0 Å². The molecule has 2 N–H and O–H groups in total. The summed E-state index contributed by atoms with van der Waals surface area (Å²) in [7, 11) is 0. The number of ether oxygens (including phenoxy) is 1. The molecule has 0 spiro atoms. The second kappa shape index (κ2) is 6.42. The van der Waals surface area contributed by atoms with Crippen molar-refractivity contribution in [1.29, 1.82) is 0 Å². The molecule has 0 aliphatic rings. The van der Waals surface area contributed by atoms with Crippen molar-refractivity contribution in [2.75, 3.05) is 13.2 Å². The second-order valence-electron chi connectivity index (χ2n) is 2.44. The summed E-state index contributed by atoms with van der Waals surface area (Å²) < 4.78 is 4.74. The summed E-state index contributed by atoms with van der Waals surface area (Å²) in [5, 5.41) is 5.23. The SMILES string of the molecule is CCNC(NC(C)=O)C(=O)OCC. The first kappa shape index (κ1) is 11.9. The zero-order valence-corrected chi connectivity index (χ0v) is 8.22. The van der Waals surface area contributed by atoms with Gasteiger partial charge >= 0.3 is 5.97 Å². The predicted molar refractivity (Wildman–Crippen MR) is 47.9 cm³/mol. The summed E-state index contributed by atoms with van der Waals surface area (Å²) in [4.78, 5) is 21.8. The van der Waals surface area contributed by atoms with Crippen molar-refractivity contribution < 1.29 is 14.3 Å². The lowest BCUT2D eigenvalue weighted by atomic mass is 10.4. The Morgan fingerprint density at radius 3 is 2.38 bits per heavy atom. The Hall–Kier alpha value is -1.10. The van der Waals surface area contributed by atoms with Crippen molar-refractivity contribution in [3.05, 3.63) is 0 Å². The highest BCUT2D eigenvalue weighted by Gasteiger charge is 2.18. The topological polar surface area (TPSA) is 67.4 Å². The minimum atomic E-state index is -0.734. The number of rotatable bonds is 5. The standard InChI is InChI=1S/C8H16N2O3/c1-4-9-7(10-6(3)11)8(12)13-5-2/h7,9H,4-5H2,1-3H3,(H,10,11). The van der Waals surface area contributed by atoms with Crippen LogP contribution in [-0.4, -0.2) is 31.2 Å². The Kier molecular flexibility index (Phi) is 5.88. The van der Waals surface area contributed by atoms with Gasteiger partial charge in [0.1, 0.15) is 0 Å². The Bertz CT molecular complexity index is 182. The molecule has 0 aromatic rings. The largest absolute Gasteiger partial charge is 0.463 e. The average Bonchev–Trinajstić information content (AvgIpc) is 2.03. The molecular weight excluding hydrogens is 172 g/mol. The van der Waals surface area contributed by atoms with E-state index in [0.29, 0.717) is 13.2 Å². The molecule has 1 amide bonds. The van der Waals surface area contributed by atoms with E-state index in [-0.39, 0.29) is 5.91 Å². The van der Waals surface area contributed by atoms with Crippen LogP contribution in [0.4, 0.5) is 0 Å². The lowest BCUT2D eigenvalue weighted by Crippen LogP contribution is -2.50. The molecule has 5 nitrogen and oxygen atoms in total. The summed E-state index contributed by atoms with van der Waals surface area (Å²) in [6, 6.07) is 0. The fraction of sp³-hybridized carbons (Fsp3) is 0.750. The van der Waals surface area contributed by atoms with Crippen LogP contribution in [0.15, 0.2) is 0 Å². The molecule has 76 valence electrons. The van der Waals surface area contributed by atoms with Crippen LogP contribution in [0.2, 0.25) is 0 Å². The highest BCUT2D eigenvalue weighted by Crippen LogP contribution is 1.85. The maximum atomic E-state index is 11.2. The molecule has 0 aromatic heterocycles. The molecule has 0 aliphatic carbocycles. The first-order valence-electron chi connectivity index (χ1n) is 4.28. The third-order valence-corrected chi connectivity index (χ3v) is 1.28. The Morgan fingerprint density at radius 1 is 1.38 bits per heavy atom. The van der Waals surface area contributed by atoms with Crippen LogP contribution in [0.3, 0.4) is 0 Å². The molecule has 1 unspecified atom stereocenters. The molecule has 0 bridgehead atoms. The van der Waals surface area contributed by atoms with Gasteiger partial charge in [0.15, 0.2) is 6.17 Å². The smallest absolute Gasteiger partial charge is 0.343 e. The molecule has 0 rings (SSSR count). The highest BCUT2D eigenvalue weighted by atomic mass is 16.5. The number of amides is 1. The zero-order chi connectivity index (χ0) is 10.3. The quantitative estimate of drug-likeness (QED) is 0.456. The van der Waals surface area contributed by atoms with Crippen molar-refractivity contribution in [2.45, 2.75) is 26.9 Å². The van der Waals surface area contributed by atoms with Gasteiger partial charge in [0.25, 0.3) is 0 Å². The van der Waals surface area contributed by atoms with Crippen molar-refractivity contribution >= 4 is 11.9 Å². The fourth-order valence-corrected chi connectivity index (χ4v) is 0.826. The van der Waals surface area contributed by atoms with Crippen LogP contribution in [-0.2, 0) is 14.3 Å². The number of carbonyl (C=O) groups excluding carboxylic acids is 2. The first-order chi connectivity index (χ1) is 6.11. The number of hydrogen-bond acceptors (Lipinski definition) is 4. The van der Waals surface area contributed by atoms with Gasteiger partial charge in [-0.3, -0.25) is 10.1 Å². The molecule has 0 radical (unpaired) electrons. The van der Waals surface area contributed by atoms with E-state index in [9.17, 15) is 9.59 Å². The molecule has 13 heavy (non-hydrogen) atoms. The fourth-order valence-electron chi connectivity index (χ4n) is 0.826. The van der Waals surface area contributed by atoms with E-state index >= 15 is 0 Å². The average molecular weight is 188 g/mol. The third kappa shape index (κ3) is 5.19. The van der Waals surface area contributed by atoms with Gasteiger partial charge in [0.05, 0.1) is 6.61 Å². The molecule has 1 atom stereocenters. The lowest BCUT2D eigenvalue weighted by molar-refractivity contribution is -0.148. The lowest BCUT2D eigenvalue weighted by Gasteiger charge is -2.16. The molecule has 0 saturated heterocycles. The molecule has 0 fully saturated rings. The number of nitrogens with one attached hydrogen (secondary N) is 2. The summed E-state index contributed by atoms with van der Waals surface area (Å²) in [5.41, 5.74) is 0. The van der Waals surface area contributed by atoms with Crippen LogP contribution in [0, 0.1) is 0 Å². The van der Waals surface area contributed by atoms with E-state index in [0.717, 1.165) is 0 Å². The van der Waals surface area contributed by atoms with Gasteiger partial charge in [-0.05, 0) is 13.5 Å². The van der Waals surface area contributed by atoms with E-state index in [2.05, 4.69) is 10.6 Å². The molecular formula is C8H16N2O3. The first-order valence-corrected chi connectivity index (χ1v) is 4.28. The monoisotopic (exact) mass is 188 g/mol. The number of carbonyl (C=O) groups is 2. The van der Waals surface area contributed by atoms with Gasteiger partial charge in [0, 0.05) is 6.92 Å². The van der Waals surface area contributed by atoms with E-state index in [1.807, 2.05) is 6.92 Å². The van der Waals surface area contributed by atoms with Gasteiger partial charge in [-0.15, -0.1) is 0 Å². The van der Waals surface area contributed by atoms with E-state index < -0.39 is 12.1 Å². The van der Waals surface area contributed by atoms with Crippen molar-refractivity contribution in [2.24, 2.45) is 0 Å². The second-order valence-corrected chi connectivity index (χ2v) is 2.44. The van der Waals surface area contributed by atoms with Crippen LogP contribution in [0.1, 0.15) is 20.8 Å². The maximum Gasteiger partial charge on any atom is 0.343 e. The van der Waals surface area contributed by atoms with Gasteiger partial charge in [-0.1, -0.05) is 6.92 Å². The molecule has 0 saturated carbocycles. The summed E-state index contributed by atoms with van der Waals surface area (Å²) in [6.45, 7) is 5.80. The highest BCUT2D eigenvalue weighted by molar-refractivity contribution is 5.82. The normalized spacial score (nSPS) is 11.9. The minimum absolute atomic E-state index is 0.265. The summed E-state index contributed by atoms with van der Waals surface area (Å²) in [6.07, 6.45) is -0.734. The van der Waals surface area contributed by atoms with Crippen LogP contribution in [0.5, 0.6) is 0 Å². The van der Waals surface area contributed by atoms with E-state index in [1.165, 1.54) is 6.92 Å². The van der Waals surface area contributed by atoms with Gasteiger partial charge < -0.3 is 10.1 Å². The molecule has 0 aliphatic heterocycles. The number of esters is 1. The van der Waals surface area contributed by atoms with Crippen molar-refractivity contribution in [1.82, 2.24) is 10.6 Å². The van der Waals surface area contributed by atoms with Crippen LogP contribution >= 0.6 is 0 Å². The molecule has 0 heterocycles. The third-order valence-electron chi connectivity index (χ3n) is 1.28. The Labute approximate surface area is 77.8 Å². The van der Waals surface area contributed by atoms with Gasteiger partial charge in [-0.25, -0.2) is 4.79 Å². The molecule has 0 aromatic carbocycles. The van der Waals surface area contributed by atoms with E-state index in [1.54, 1.807) is 6.92 Å². The predicted octanol–water partition coefficient (Wildman–Crippen LogP) is -0.379. The number of hydrogen-bond donors (Lipinski definition) is 2. The van der Waals surface area contributed by atoms with Crippen molar-refractivity contribution in [3.63, 3.8) is 0 Å². The van der Waals surface area contributed by atoms with Gasteiger partial charge in [-0.2, -0.15) is 0 Å². The molecule has 5 heteroatoms. The van der Waals surface area contributed by atoms with Gasteiger partial charge in [0.2, 0.25) is 5.91 Å².